The molecule has 0 bridgehead atoms. The van der Waals surface area contributed by atoms with Gasteiger partial charge in [-0.1, -0.05) is 47.5 Å². The summed E-state index contributed by atoms with van der Waals surface area (Å²) in [6.07, 6.45) is 3.34. The summed E-state index contributed by atoms with van der Waals surface area (Å²) in [4.78, 5) is 56.7. The van der Waals surface area contributed by atoms with Gasteiger partial charge in [-0.2, -0.15) is 0 Å². The SMILES string of the molecule is O=C1C2=C(C(=O)c3ccccc31)C1Nc3ccc4c(c3[NH+]=C1C=C2)C(=O)c1ccc(Cl)c(Cl)c1C4=O. The second-order valence-electron chi connectivity index (χ2n) is 8.88. The molecule has 0 spiro atoms. The van der Waals surface area contributed by atoms with E-state index in [0.29, 0.717) is 39.4 Å². The Morgan fingerprint density at radius 3 is 2.14 bits per heavy atom. The van der Waals surface area contributed by atoms with Crippen molar-refractivity contribution in [2.45, 2.75) is 6.04 Å². The molecule has 3 aromatic carbocycles. The van der Waals surface area contributed by atoms with E-state index in [2.05, 4.69) is 10.3 Å². The van der Waals surface area contributed by atoms with Crippen LogP contribution in [0, 0.1) is 0 Å². The van der Waals surface area contributed by atoms with Gasteiger partial charge >= 0.3 is 0 Å². The number of anilines is 1. The van der Waals surface area contributed by atoms with E-state index >= 15 is 0 Å². The van der Waals surface area contributed by atoms with Gasteiger partial charge in [-0.3, -0.25) is 19.2 Å². The van der Waals surface area contributed by atoms with Crippen molar-refractivity contribution in [3.05, 3.63) is 115 Å². The minimum absolute atomic E-state index is 0.0480. The molecule has 6 nitrogen and oxygen atoms in total. The molecule has 2 N–H and O–H groups in total. The van der Waals surface area contributed by atoms with E-state index in [-0.39, 0.29) is 49.6 Å². The highest BCUT2D eigenvalue weighted by Gasteiger charge is 2.45. The lowest BCUT2D eigenvalue weighted by atomic mass is 9.76. The van der Waals surface area contributed by atoms with Crippen LogP contribution in [-0.4, -0.2) is 34.9 Å². The average Bonchev–Trinajstić information content (AvgIpc) is 2.89. The predicted octanol–water partition coefficient (Wildman–Crippen LogP) is 3.66. The van der Waals surface area contributed by atoms with Gasteiger partial charge in [0.25, 0.3) is 0 Å². The van der Waals surface area contributed by atoms with Gasteiger partial charge in [0.15, 0.2) is 17.3 Å². The molecule has 0 amide bonds. The van der Waals surface area contributed by atoms with Crippen LogP contribution in [0.2, 0.25) is 10.0 Å². The Balaban J connectivity index is 1.38. The van der Waals surface area contributed by atoms with Crippen molar-refractivity contribution in [3.63, 3.8) is 0 Å². The number of carbonyl (C=O) groups is 4. The largest absolute Gasteiger partial charge is 0.364 e. The number of allylic oxidation sites excluding steroid dienone is 2. The van der Waals surface area contributed by atoms with Crippen LogP contribution in [0.15, 0.2) is 71.8 Å². The summed E-state index contributed by atoms with van der Waals surface area (Å²) >= 11 is 12.4. The van der Waals surface area contributed by atoms with E-state index < -0.39 is 11.8 Å². The van der Waals surface area contributed by atoms with Crippen LogP contribution in [0.25, 0.3) is 0 Å². The Bertz CT molecular complexity index is 1760. The topological polar surface area (TPSA) is 94.3 Å². The highest BCUT2D eigenvalue weighted by Crippen LogP contribution is 2.41. The molecule has 1 aliphatic heterocycles. The van der Waals surface area contributed by atoms with Gasteiger partial charge < -0.3 is 5.32 Å². The molecule has 0 fully saturated rings. The fourth-order valence-electron chi connectivity index (χ4n) is 5.36. The van der Waals surface area contributed by atoms with Gasteiger partial charge in [0.2, 0.25) is 17.2 Å². The van der Waals surface area contributed by atoms with Gasteiger partial charge in [-0.25, -0.2) is 4.99 Å². The van der Waals surface area contributed by atoms with Crippen LogP contribution in [0.5, 0.6) is 0 Å². The minimum Gasteiger partial charge on any atom is -0.364 e. The zero-order valence-corrected chi connectivity index (χ0v) is 19.8. The molecule has 0 saturated carbocycles. The quantitative estimate of drug-likeness (QED) is 0.375. The van der Waals surface area contributed by atoms with Gasteiger partial charge in [-0.05, 0) is 30.3 Å². The summed E-state index contributed by atoms with van der Waals surface area (Å²) in [6.45, 7) is 0. The second-order valence-corrected chi connectivity index (χ2v) is 9.66. The normalized spacial score (nSPS) is 18.9. The molecular weight excluding hydrogens is 499 g/mol. The summed E-state index contributed by atoms with van der Waals surface area (Å²) in [5.74, 6) is -1.19. The van der Waals surface area contributed by atoms with E-state index in [1.54, 1.807) is 48.6 Å². The Labute approximate surface area is 213 Å². The number of benzene rings is 3. The molecule has 1 heterocycles. The Morgan fingerprint density at radius 1 is 0.694 bits per heavy atom. The van der Waals surface area contributed by atoms with E-state index in [9.17, 15) is 19.2 Å². The maximum Gasteiger partial charge on any atom is 0.239 e. The van der Waals surface area contributed by atoms with E-state index in [1.807, 2.05) is 0 Å². The van der Waals surface area contributed by atoms with Crippen LogP contribution < -0.4 is 10.3 Å². The molecule has 7 rings (SSSR count). The van der Waals surface area contributed by atoms with Crippen LogP contribution in [0.3, 0.4) is 0 Å². The number of ketones is 4. The van der Waals surface area contributed by atoms with Crippen molar-refractivity contribution in [2.75, 3.05) is 5.32 Å². The molecular formula is C28H13Cl2N2O4+. The van der Waals surface area contributed by atoms with Gasteiger partial charge in [0.05, 0.1) is 15.6 Å². The first kappa shape index (κ1) is 21.2. The Hall–Kier alpha value is -4.13. The zero-order chi connectivity index (χ0) is 24.9. The molecule has 3 aromatic rings. The van der Waals surface area contributed by atoms with Crippen molar-refractivity contribution in [3.8, 4) is 0 Å². The maximum absolute atomic E-state index is 13.6. The molecule has 8 heteroatoms. The van der Waals surface area contributed by atoms with Crippen molar-refractivity contribution in [1.29, 1.82) is 0 Å². The maximum atomic E-state index is 13.6. The van der Waals surface area contributed by atoms with Gasteiger partial charge in [-0.15, -0.1) is 0 Å². The van der Waals surface area contributed by atoms with Crippen molar-refractivity contribution in [2.24, 2.45) is 0 Å². The summed E-state index contributed by atoms with van der Waals surface area (Å²) in [5, 5.41) is 3.56. The summed E-state index contributed by atoms with van der Waals surface area (Å²) in [7, 11) is 0. The third kappa shape index (κ3) is 2.60. The van der Waals surface area contributed by atoms with Crippen molar-refractivity contribution in [1.82, 2.24) is 0 Å². The predicted molar refractivity (Wildman–Crippen MR) is 134 cm³/mol. The third-order valence-electron chi connectivity index (χ3n) is 7.04. The number of carbonyl (C=O) groups excluding carboxylic acids is 4. The fourth-order valence-corrected chi connectivity index (χ4v) is 5.77. The fraction of sp³-hybridized carbons (Fsp3) is 0.0357. The monoisotopic (exact) mass is 511 g/mol. The van der Waals surface area contributed by atoms with Crippen LogP contribution in [0.1, 0.15) is 52.6 Å². The second kappa shape index (κ2) is 7.20. The molecule has 0 radical (unpaired) electrons. The summed E-state index contributed by atoms with van der Waals surface area (Å²) < 4.78 is 0. The van der Waals surface area contributed by atoms with E-state index in [1.165, 1.54) is 12.1 Å². The number of hydrogen-bond donors (Lipinski definition) is 2. The van der Waals surface area contributed by atoms with Crippen molar-refractivity contribution < 1.29 is 24.2 Å². The summed E-state index contributed by atoms with van der Waals surface area (Å²) in [5.41, 5.74) is 3.69. The standard InChI is InChI=1S/C28H12Cl2N2O4/c29-16-8-5-13-19(22(16)30)27(35)15-7-10-18-24(21(15)28(13)36)32-17-9-6-14-20(23(17)31-18)26(34)12-4-2-1-3-11(12)25(14)33/h1-10,23,31H/p+1. The van der Waals surface area contributed by atoms with Crippen LogP contribution in [-0.2, 0) is 0 Å². The van der Waals surface area contributed by atoms with Gasteiger partial charge in [0.1, 0.15) is 17.3 Å². The van der Waals surface area contributed by atoms with Crippen LogP contribution in [0.4, 0.5) is 11.4 Å². The number of fused-ring (bicyclic) bond motifs is 7. The molecule has 4 aliphatic rings. The molecule has 3 aliphatic carbocycles. The Morgan fingerprint density at radius 2 is 1.36 bits per heavy atom. The third-order valence-corrected chi connectivity index (χ3v) is 7.84. The van der Waals surface area contributed by atoms with E-state index in [0.717, 1.165) is 0 Å². The molecule has 0 aromatic heterocycles. The average molecular weight is 512 g/mol. The number of nitrogens with one attached hydrogen (secondary N) is 2. The zero-order valence-electron chi connectivity index (χ0n) is 18.2. The first-order valence-electron chi connectivity index (χ1n) is 11.1. The highest BCUT2D eigenvalue weighted by atomic mass is 35.5. The van der Waals surface area contributed by atoms with Gasteiger partial charge in [0, 0.05) is 39.5 Å². The first-order valence-corrected chi connectivity index (χ1v) is 11.9. The lowest BCUT2D eigenvalue weighted by Crippen LogP contribution is -2.74. The highest BCUT2D eigenvalue weighted by molar-refractivity contribution is 6.46. The van der Waals surface area contributed by atoms with Crippen molar-refractivity contribution >= 4 is 63.4 Å². The summed E-state index contributed by atoms with van der Waals surface area (Å²) in [6, 6.07) is 12.4. The number of hydrogen-bond acceptors (Lipinski definition) is 5. The Kier molecular flexibility index (Phi) is 4.23. The smallest absolute Gasteiger partial charge is 0.239 e. The number of halogens is 2. The van der Waals surface area contributed by atoms with E-state index in [4.69, 9.17) is 23.2 Å². The molecule has 1 unspecified atom stereocenters. The minimum atomic E-state index is -0.615. The number of Topliss-reactive ketones (excluding diaryl/α,β-unsaturated/α-hetero) is 2. The van der Waals surface area contributed by atoms with Crippen LogP contribution >= 0.6 is 23.2 Å². The molecule has 1 atom stereocenters. The lowest BCUT2D eigenvalue weighted by Gasteiger charge is -2.30. The first-order chi connectivity index (χ1) is 17.4. The molecule has 172 valence electrons. The number of rotatable bonds is 0. The molecule has 0 saturated heterocycles. The molecule has 36 heavy (non-hydrogen) atoms. The lowest BCUT2D eigenvalue weighted by molar-refractivity contribution is -0.355.